The Morgan fingerprint density at radius 1 is 0.706 bits per heavy atom. The van der Waals surface area contributed by atoms with E-state index in [9.17, 15) is 29.4 Å². The van der Waals surface area contributed by atoms with E-state index >= 15 is 0 Å². The van der Waals surface area contributed by atoms with Gasteiger partial charge < -0.3 is 29.5 Å². The Morgan fingerprint density at radius 3 is 1.38 bits per heavy atom. The monoisotopic (exact) mass is 470 g/mol. The van der Waals surface area contributed by atoms with E-state index in [0.29, 0.717) is 11.1 Å². The topological polar surface area (TPSA) is 134 Å². The van der Waals surface area contributed by atoms with E-state index in [1.165, 1.54) is 34.1 Å². The van der Waals surface area contributed by atoms with Crippen molar-refractivity contribution in [2.75, 3.05) is 39.4 Å². The summed E-state index contributed by atoms with van der Waals surface area (Å²) in [4.78, 5) is 51.9. The van der Waals surface area contributed by atoms with Crippen LogP contribution in [-0.4, -0.2) is 83.2 Å². The van der Waals surface area contributed by atoms with Crippen LogP contribution in [0.5, 0.6) is 11.5 Å². The minimum atomic E-state index is -0.721. The highest BCUT2D eigenvalue weighted by Crippen LogP contribution is 2.19. The van der Waals surface area contributed by atoms with Gasteiger partial charge in [-0.05, 0) is 49.2 Å². The minimum absolute atomic E-state index is 0.0377. The molecule has 0 unspecified atom stereocenters. The van der Waals surface area contributed by atoms with E-state index in [0.717, 1.165) is 0 Å². The molecule has 1 heterocycles. The van der Waals surface area contributed by atoms with Crippen LogP contribution in [0.15, 0.2) is 36.4 Å². The van der Waals surface area contributed by atoms with Crippen LogP contribution < -0.4 is 0 Å². The molecule has 2 N–H and O–H groups in total. The molecule has 0 radical (unpaired) electrons. The van der Waals surface area contributed by atoms with Gasteiger partial charge in [-0.2, -0.15) is 0 Å². The van der Waals surface area contributed by atoms with Gasteiger partial charge in [-0.1, -0.05) is 12.1 Å². The van der Waals surface area contributed by atoms with Crippen molar-refractivity contribution >= 4 is 23.8 Å². The fraction of sp³-hybridized carbons (Fsp3) is 0.333. The number of piperazine rings is 1. The predicted molar refractivity (Wildman–Crippen MR) is 119 cm³/mol. The molecular weight excluding hydrogens is 444 g/mol. The molecule has 10 nitrogen and oxygen atoms in total. The molecule has 0 aliphatic carbocycles. The van der Waals surface area contributed by atoms with Gasteiger partial charge in [-0.25, -0.2) is 9.59 Å². The van der Waals surface area contributed by atoms with Crippen molar-refractivity contribution in [3.8, 4) is 11.5 Å². The van der Waals surface area contributed by atoms with Gasteiger partial charge in [0, 0.05) is 26.2 Å². The number of hydrogen-bond donors (Lipinski definition) is 2. The molecule has 1 aliphatic heterocycles. The average Bonchev–Trinajstić information content (AvgIpc) is 2.84. The summed E-state index contributed by atoms with van der Waals surface area (Å²) in [6, 6.07) is 8.71. The lowest BCUT2D eigenvalue weighted by atomic mass is 10.1. The van der Waals surface area contributed by atoms with E-state index < -0.39 is 37.0 Å². The van der Waals surface area contributed by atoms with Crippen LogP contribution in [0, 0.1) is 13.8 Å². The summed E-state index contributed by atoms with van der Waals surface area (Å²) in [6.07, 6.45) is 0. The SMILES string of the molecule is Cc1ccc(C(=O)OCC(=O)N2CCN(C(=O)COC(=O)c3ccc(C)c(O)c3)CC2)cc1O. The highest BCUT2D eigenvalue weighted by atomic mass is 16.5. The third kappa shape index (κ3) is 6.03. The van der Waals surface area contributed by atoms with Crippen LogP contribution in [0.4, 0.5) is 0 Å². The van der Waals surface area contributed by atoms with Crippen molar-refractivity contribution in [3.63, 3.8) is 0 Å². The van der Waals surface area contributed by atoms with Crippen molar-refractivity contribution in [2.45, 2.75) is 13.8 Å². The molecule has 10 heteroatoms. The summed E-state index contributed by atoms with van der Waals surface area (Å²) >= 11 is 0. The number of phenolic OH excluding ortho intramolecular Hbond substituents is 2. The number of hydrogen-bond acceptors (Lipinski definition) is 8. The second-order valence-corrected chi connectivity index (χ2v) is 7.92. The first kappa shape index (κ1) is 24.6. The van der Waals surface area contributed by atoms with E-state index in [1.807, 2.05) is 0 Å². The number of aryl methyl sites for hydroxylation is 2. The molecule has 0 spiro atoms. The number of esters is 2. The maximum absolute atomic E-state index is 12.4. The lowest BCUT2D eigenvalue weighted by Crippen LogP contribution is -2.52. The second-order valence-electron chi connectivity index (χ2n) is 7.92. The molecule has 3 rings (SSSR count). The number of carbonyl (C=O) groups excluding carboxylic acids is 4. The third-order valence-corrected chi connectivity index (χ3v) is 5.53. The molecule has 0 saturated carbocycles. The fourth-order valence-corrected chi connectivity index (χ4v) is 3.28. The summed E-state index contributed by atoms with van der Waals surface area (Å²) in [6.45, 7) is 3.45. The Kier molecular flexibility index (Phi) is 7.72. The molecular formula is C24H26N2O8. The van der Waals surface area contributed by atoms with Gasteiger partial charge >= 0.3 is 11.9 Å². The number of aromatic hydroxyl groups is 2. The summed E-state index contributed by atoms with van der Waals surface area (Å²) < 4.78 is 10.1. The molecule has 34 heavy (non-hydrogen) atoms. The van der Waals surface area contributed by atoms with Crippen molar-refractivity contribution in [1.82, 2.24) is 9.80 Å². The number of phenols is 2. The molecule has 0 bridgehead atoms. The molecule has 2 amide bonds. The summed E-state index contributed by atoms with van der Waals surface area (Å²) in [5.41, 5.74) is 1.51. The molecule has 1 fully saturated rings. The van der Waals surface area contributed by atoms with Gasteiger partial charge in [0.1, 0.15) is 11.5 Å². The normalized spacial score (nSPS) is 13.4. The van der Waals surface area contributed by atoms with Crippen LogP contribution in [-0.2, 0) is 19.1 Å². The fourth-order valence-electron chi connectivity index (χ4n) is 3.28. The molecule has 2 aromatic carbocycles. The Balaban J connectivity index is 1.41. The van der Waals surface area contributed by atoms with Crippen molar-refractivity contribution in [2.24, 2.45) is 0 Å². The Labute approximate surface area is 196 Å². The largest absolute Gasteiger partial charge is 0.508 e. The highest BCUT2D eigenvalue weighted by Gasteiger charge is 2.25. The number of rotatable bonds is 6. The summed E-state index contributed by atoms with van der Waals surface area (Å²) in [5.74, 6) is -2.32. The molecule has 1 saturated heterocycles. The van der Waals surface area contributed by atoms with Crippen molar-refractivity contribution in [1.29, 1.82) is 0 Å². The Hall–Kier alpha value is -4.08. The first-order valence-electron chi connectivity index (χ1n) is 10.6. The first-order valence-corrected chi connectivity index (χ1v) is 10.6. The standard InChI is InChI=1S/C24H26N2O8/c1-15-3-5-17(11-19(15)27)23(31)33-13-21(29)25-7-9-26(10-8-25)22(30)14-34-24(32)18-6-4-16(2)20(28)12-18/h3-6,11-12,27-28H,7-10,13-14H2,1-2H3. The third-order valence-electron chi connectivity index (χ3n) is 5.53. The van der Waals surface area contributed by atoms with Crippen LogP contribution in [0.25, 0.3) is 0 Å². The molecule has 1 aliphatic rings. The molecule has 0 aromatic heterocycles. The Morgan fingerprint density at radius 2 is 1.06 bits per heavy atom. The second kappa shape index (κ2) is 10.7. The van der Waals surface area contributed by atoms with Gasteiger partial charge in [0.05, 0.1) is 11.1 Å². The summed E-state index contributed by atoms with van der Waals surface area (Å²) in [7, 11) is 0. The number of amides is 2. The number of ether oxygens (including phenoxy) is 2. The number of carbonyl (C=O) groups is 4. The molecule has 2 aromatic rings. The summed E-state index contributed by atoms with van der Waals surface area (Å²) in [5, 5.41) is 19.4. The number of nitrogens with zero attached hydrogens (tertiary/aromatic N) is 2. The van der Waals surface area contributed by atoms with Gasteiger partial charge in [0.15, 0.2) is 13.2 Å². The first-order chi connectivity index (χ1) is 16.2. The lowest BCUT2D eigenvalue weighted by Gasteiger charge is -2.34. The smallest absolute Gasteiger partial charge is 0.338 e. The van der Waals surface area contributed by atoms with Crippen LogP contribution in [0.3, 0.4) is 0 Å². The van der Waals surface area contributed by atoms with Crippen LogP contribution in [0.2, 0.25) is 0 Å². The van der Waals surface area contributed by atoms with Crippen molar-refractivity contribution < 1.29 is 38.9 Å². The van der Waals surface area contributed by atoms with Gasteiger partial charge in [-0.15, -0.1) is 0 Å². The molecule has 180 valence electrons. The molecule has 0 atom stereocenters. The zero-order valence-corrected chi connectivity index (χ0v) is 18.9. The average molecular weight is 470 g/mol. The zero-order valence-electron chi connectivity index (χ0n) is 18.9. The van der Waals surface area contributed by atoms with E-state index in [-0.39, 0.29) is 48.8 Å². The number of benzene rings is 2. The minimum Gasteiger partial charge on any atom is -0.508 e. The van der Waals surface area contributed by atoms with E-state index in [2.05, 4.69) is 0 Å². The van der Waals surface area contributed by atoms with E-state index in [1.54, 1.807) is 26.0 Å². The maximum Gasteiger partial charge on any atom is 0.338 e. The zero-order chi connectivity index (χ0) is 24.8. The van der Waals surface area contributed by atoms with Gasteiger partial charge in [0.2, 0.25) is 0 Å². The van der Waals surface area contributed by atoms with Gasteiger partial charge in [0.25, 0.3) is 11.8 Å². The maximum atomic E-state index is 12.4. The van der Waals surface area contributed by atoms with Crippen LogP contribution in [0.1, 0.15) is 31.8 Å². The highest BCUT2D eigenvalue weighted by molar-refractivity contribution is 5.92. The van der Waals surface area contributed by atoms with Crippen LogP contribution >= 0.6 is 0 Å². The predicted octanol–water partition coefficient (Wildman–Crippen LogP) is 1.40. The van der Waals surface area contributed by atoms with Crippen molar-refractivity contribution in [3.05, 3.63) is 58.7 Å². The lowest BCUT2D eigenvalue weighted by molar-refractivity contribution is -0.142. The van der Waals surface area contributed by atoms with E-state index in [4.69, 9.17) is 9.47 Å². The van der Waals surface area contributed by atoms with Gasteiger partial charge in [-0.3, -0.25) is 9.59 Å². The quantitative estimate of drug-likeness (QED) is 0.605. The Bertz CT molecular complexity index is 1020.